The van der Waals surface area contributed by atoms with E-state index in [1.807, 2.05) is 24.3 Å². The van der Waals surface area contributed by atoms with Gasteiger partial charge in [-0.15, -0.1) is 6.58 Å². The first-order valence-corrected chi connectivity index (χ1v) is 4.94. The maximum Gasteiger partial charge on any atom is 0.354 e. The molecular weight excluding hydrogens is 202 g/mol. The van der Waals surface area contributed by atoms with Crippen molar-refractivity contribution in [2.45, 2.75) is 6.42 Å². The summed E-state index contributed by atoms with van der Waals surface area (Å²) in [6.45, 7) is 3.68. The number of rotatable bonds is 3. The number of carboxylic acid groups (broad SMARTS) is 1. The third-order valence-corrected chi connectivity index (χ3v) is 2.35. The van der Waals surface area contributed by atoms with Crippen LogP contribution in [0.2, 0.25) is 0 Å². The van der Waals surface area contributed by atoms with Crippen molar-refractivity contribution >= 4 is 16.9 Å². The lowest BCUT2D eigenvalue weighted by molar-refractivity contribution is 0.0691. The van der Waals surface area contributed by atoms with Crippen LogP contribution in [0.1, 0.15) is 16.1 Å². The minimum absolute atomic E-state index is 0.0731. The number of hydrogen-bond acceptors (Lipinski definition) is 2. The van der Waals surface area contributed by atoms with Gasteiger partial charge in [0.2, 0.25) is 0 Å². The predicted molar refractivity (Wildman–Crippen MR) is 62.6 cm³/mol. The van der Waals surface area contributed by atoms with Crippen molar-refractivity contribution in [1.29, 1.82) is 0 Å². The van der Waals surface area contributed by atoms with Gasteiger partial charge in [-0.1, -0.05) is 18.2 Å². The molecule has 0 saturated carbocycles. The van der Waals surface area contributed by atoms with Gasteiger partial charge in [-0.2, -0.15) is 0 Å². The fourth-order valence-corrected chi connectivity index (χ4v) is 1.59. The molecular formula is C13H11NO2. The highest BCUT2D eigenvalue weighted by Gasteiger charge is 2.05. The van der Waals surface area contributed by atoms with Gasteiger partial charge in [0, 0.05) is 5.39 Å². The number of carboxylic acids is 1. The first-order chi connectivity index (χ1) is 7.70. The summed E-state index contributed by atoms with van der Waals surface area (Å²) in [5.74, 6) is -1.00. The van der Waals surface area contributed by atoms with Crippen LogP contribution in [0.15, 0.2) is 43.0 Å². The van der Waals surface area contributed by atoms with E-state index in [1.54, 1.807) is 6.07 Å². The Morgan fingerprint density at radius 1 is 1.38 bits per heavy atom. The van der Waals surface area contributed by atoms with Gasteiger partial charge < -0.3 is 5.11 Å². The van der Waals surface area contributed by atoms with Crippen LogP contribution in [0, 0.1) is 0 Å². The number of allylic oxidation sites excluding steroid dienone is 1. The largest absolute Gasteiger partial charge is 0.477 e. The van der Waals surface area contributed by atoms with E-state index < -0.39 is 5.97 Å². The molecule has 0 aliphatic rings. The van der Waals surface area contributed by atoms with Crippen molar-refractivity contribution in [1.82, 2.24) is 4.98 Å². The van der Waals surface area contributed by atoms with E-state index in [2.05, 4.69) is 11.6 Å². The zero-order chi connectivity index (χ0) is 11.5. The monoisotopic (exact) mass is 213 g/mol. The van der Waals surface area contributed by atoms with Crippen LogP contribution in [0.4, 0.5) is 0 Å². The summed E-state index contributed by atoms with van der Waals surface area (Å²) in [7, 11) is 0. The fourth-order valence-electron chi connectivity index (χ4n) is 1.59. The molecule has 1 aromatic heterocycles. The van der Waals surface area contributed by atoms with Gasteiger partial charge in [-0.3, -0.25) is 0 Å². The van der Waals surface area contributed by atoms with Crippen LogP contribution in [-0.4, -0.2) is 16.1 Å². The number of aromatic carboxylic acids is 1. The quantitative estimate of drug-likeness (QED) is 0.797. The Morgan fingerprint density at radius 2 is 2.19 bits per heavy atom. The van der Waals surface area contributed by atoms with Gasteiger partial charge in [0.1, 0.15) is 5.69 Å². The Kier molecular flexibility index (Phi) is 2.68. The van der Waals surface area contributed by atoms with Crippen molar-refractivity contribution in [2.24, 2.45) is 0 Å². The van der Waals surface area contributed by atoms with E-state index >= 15 is 0 Å². The smallest absolute Gasteiger partial charge is 0.354 e. The summed E-state index contributed by atoms with van der Waals surface area (Å²) < 4.78 is 0. The Balaban J connectivity index is 2.52. The van der Waals surface area contributed by atoms with Gasteiger partial charge in [0.05, 0.1) is 5.52 Å². The van der Waals surface area contributed by atoms with Crippen molar-refractivity contribution < 1.29 is 9.90 Å². The summed E-state index contributed by atoms with van der Waals surface area (Å²) in [5.41, 5.74) is 1.92. The van der Waals surface area contributed by atoms with Crippen LogP contribution < -0.4 is 0 Å². The summed E-state index contributed by atoms with van der Waals surface area (Å²) >= 11 is 0. The molecule has 0 aliphatic carbocycles. The highest BCUT2D eigenvalue weighted by Crippen LogP contribution is 2.15. The van der Waals surface area contributed by atoms with Crippen molar-refractivity contribution in [2.75, 3.05) is 0 Å². The second kappa shape index (κ2) is 4.14. The van der Waals surface area contributed by atoms with Crippen LogP contribution in [0.5, 0.6) is 0 Å². The van der Waals surface area contributed by atoms with Gasteiger partial charge in [-0.05, 0) is 30.2 Å². The van der Waals surface area contributed by atoms with Crippen molar-refractivity contribution in [3.05, 3.63) is 54.2 Å². The lowest BCUT2D eigenvalue weighted by atomic mass is 10.1. The van der Waals surface area contributed by atoms with E-state index in [0.717, 1.165) is 17.4 Å². The first-order valence-electron chi connectivity index (χ1n) is 4.94. The molecule has 0 fully saturated rings. The maximum absolute atomic E-state index is 10.7. The molecule has 80 valence electrons. The molecule has 3 heteroatoms. The number of carbonyl (C=O) groups is 1. The van der Waals surface area contributed by atoms with E-state index in [0.29, 0.717) is 5.52 Å². The molecule has 2 aromatic rings. The third-order valence-electron chi connectivity index (χ3n) is 2.35. The van der Waals surface area contributed by atoms with E-state index in [9.17, 15) is 4.79 Å². The SMILES string of the molecule is C=CCc1ccc2nc(C(=O)O)ccc2c1. The van der Waals surface area contributed by atoms with E-state index in [1.165, 1.54) is 6.07 Å². The lowest BCUT2D eigenvalue weighted by Crippen LogP contribution is -1.99. The molecule has 16 heavy (non-hydrogen) atoms. The first kappa shape index (κ1) is 10.4. The summed E-state index contributed by atoms with van der Waals surface area (Å²) in [4.78, 5) is 14.8. The molecule has 1 aromatic carbocycles. The molecule has 0 unspecified atom stereocenters. The molecule has 0 atom stereocenters. The molecule has 3 nitrogen and oxygen atoms in total. The molecule has 0 saturated heterocycles. The number of fused-ring (bicyclic) bond motifs is 1. The van der Waals surface area contributed by atoms with Crippen LogP contribution in [0.3, 0.4) is 0 Å². The van der Waals surface area contributed by atoms with Crippen molar-refractivity contribution in [3.8, 4) is 0 Å². The highest BCUT2D eigenvalue weighted by atomic mass is 16.4. The summed E-state index contributed by atoms with van der Waals surface area (Å²) in [5, 5.41) is 9.76. The topological polar surface area (TPSA) is 50.2 Å². The fraction of sp³-hybridized carbons (Fsp3) is 0.0769. The van der Waals surface area contributed by atoms with Gasteiger partial charge in [-0.25, -0.2) is 9.78 Å². The Labute approximate surface area is 93.1 Å². The van der Waals surface area contributed by atoms with Gasteiger partial charge in [0.15, 0.2) is 0 Å². The maximum atomic E-state index is 10.7. The molecule has 1 N–H and O–H groups in total. The Bertz CT molecular complexity index is 561. The average molecular weight is 213 g/mol. The number of nitrogens with zero attached hydrogens (tertiary/aromatic N) is 1. The van der Waals surface area contributed by atoms with Crippen molar-refractivity contribution in [3.63, 3.8) is 0 Å². The second-order valence-corrected chi connectivity index (χ2v) is 3.52. The molecule has 0 radical (unpaired) electrons. The highest BCUT2D eigenvalue weighted by molar-refractivity contribution is 5.89. The lowest BCUT2D eigenvalue weighted by Gasteiger charge is -2.01. The molecule has 0 aliphatic heterocycles. The molecule has 0 bridgehead atoms. The van der Waals surface area contributed by atoms with Gasteiger partial charge >= 0.3 is 5.97 Å². The number of hydrogen-bond donors (Lipinski definition) is 1. The third kappa shape index (κ3) is 1.93. The van der Waals surface area contributed by atoms with E-state index in [-0.39, 0.29) is 5.69 Å². The summed E-state index contributed by atoms with van der Waals surface area (Å²) in [6, 6.07) is 9.06. The Morgan fingerprint density at radius 3 is 2.88 bits per heavy atom. The number of pyridine rings is 1. The molecule has 1 heterocycles. The normalized spacial score (nSPS) is 10.2. The standard InChI is InChI=1S/C13H11NO2/c1-2-3-9-4-6-11-10(8-9)5-7-12(14-11)13(15)16/h2,4-8H,1,3H2,(H,15,16). The number of aromatic nitrogens is 1. The zero-order valence-corrected chi connectivity index (χ0v) is 8.68. The Hall–Kier alpha value is -2.16. The van der Waals surface area contributed by atoms with E-state index in [4.69, 9.17) is 5.11 Å². The summed E-state index contributed by atoms with van der Waals surface area (Å²) in [6.07, 6.45) is 2.64. The molecule has 0 spiro atoms. The zero-order valence-electron chi connectivity index (χ0n) is 8.68. The average Bonchev–Trinajstić information content (AvgIpc) is 2.28. The van der Waals surface area contributed by atoms with Crippen LogP contribution >= 0.6 is 0 Å². The second-order valence-electron chi connectivity index (χ2n) is 3.52. The predicted octanol–water partition coefficient (Wildman–Crippen LogP) is 2.66. The van der Waals surface area contributed by atoms with Crippen LogP contribution in [0.25, 0.3) is 10.9 Å². The van der Waals surface area contributed by atoms with Gasteiger partial charge in [0.25, 0.3) is 0 Å². The molecule has 2 rings (SSSR count). The minimum atomic E-state index is -1.00. The minimum Gasteiger partial charge on any atom is -0.477 e. The van der Waals surface area contributed by atoms with Crippen LogP contribution in [-0.2, 0) is 6.42 Å². The number of benzene rings is 1. The molecule has 0 amide bonds.